The van der Waals surface area contributed by atoms with Crippen LogP contribution in [0.1, 0.15) is 0 Å². The standard InChI is InChI=1S/2FH.O.P.Sn.Zr/h2*1H;;;;/q;;;;;+2/p-2. The van der Waals surface area contributed by atoms with Crippen molar-refractivity contribution in [3.8, 4) is 0 Å². The first kappa shape index (κ1) is 15.7. The maximum absolute atomic E-state index is 9.97. The average Bonchev–Trinajstić information content (AvgIpc) is 0.811. The maximum Gasteiger partial charge on any atom is 0 e. The predicted molar refractivity (Wildman–Crippen MR) is 15.6 cm³/mol. The van der Waals surface area contributed by atoms with Crippen LogP contribution in [0.15, 0.2) is 0 Å². The quantitative estimate of drug-likeness (QED) is 0.485. The van der Waals surface area contributed by atoms with E-state index in [4.69, 9.17) is 2.81 Å². The van der Waals surface area contributed by atoms with Crippen molar-refractivity contribution in [3.05, 3.63) is 0 Å². The number of hydrogen-bond donors (Lipinski definition) is 0. The zero-order valence-corrected chi connectivity index (χ0v) is 8.82. The molecular weight excluding hydrogens is 295 g/mol. The molecule has 0 aromatic heterocycles. The van der Waals surface area contributed by atoms with Crippen molar-refractivity contribution in [2.75, 3.05) is 0 Å². The van der Waals surface area contributed by atoms with Crippen LogP contribution in [0.4, 0.5) is 5.25 Å². The zero-order valence-electron chi connectivity index (χ0n) is 2.61. The van der Waals surface area contributed by atoms with Crippen LogP contribution in [0.3, 0.4) is 0 Å². The van der Waals surface area contributed by atoms with Crippen LogP contribution in [-0.2, 0) is 25.8 Å². The van der Waals surface area contributed by atoms with E-state index in [1.807, 2.05) is 0 Å². The third kappa shape index (κ3) is 41.9. The van der Waals surface area contributed by atoms with E-state index in [1.54, 1.807) is 0 Å². The van der Waals surface area contributed by atoms with Gasteiger partial charge in [0.25, 0.3) is 0 Å². The van der Waals surface area contributed by atoms with Gasteiger partial charge in [-0.05, 0) is 0 Å². The Labute approximate surface area is 64.3 Å². The Bertz CT molecular complexity index is 36.5. The summed E-state index contributed by atoms with van der Waals surface area (Å²) in [6, 6.07) is 0. The van der Waals surface area contributed by atoms with E-state index in [9.17, 15) is 5.25 Å². The van der Waals surface area contributed by atoms with Crippen LogP contribution in [0.2, 0.25) is 0 Å². The molecule has 0 rings (SSSR count). The van der Waals surface area contributed by atoms with E-state index in [2.05, 4.69) is 0 Å². The van der Waals surface area contributed by atoms with E-state index in [0.717, 1.165) is 0 Å². The molecule has 0 aromatic rings. The summed E-state index contributed by atoms with van der Waals surface area (Å²) in [5.74, 6) is 0. The number of halogens is 2. The van der Waals surface area contributed by atoms with Gasteiger partial charge in [-0.3, -0.25) is 0 Å². The first-order valence-electron chi connectivity index (χ1n) is 0.582. The third-order valence-corrected chi connectivity index (χ3v) is 0. The van der Waals surface area contributed by atoms with Gasteiger partial charge in [-0.25, -0.2) is 0 Å². The largest absolute Gasteiger partial charge is 0 e. The summed E-state index contributed by atoms with van der Waals surface area (Å²) >= 11 is -4.79. The smallest absolute Gasteiger partial charge is 0 e. The minimum atomic E-state index is -4.79. The zero-order chi connectivity index (χ0) is 3.58. The average molecular weight is 295 g/mol. The summed E-state index contributed by atoms with van der Waals surface area (Å²) in [5.41, 5.74) is 0. The van der Waals surface area contributed by atoms with E-state index < -0.39 is 23.0 Å². The van der Waals surface area contributed by atoms with Crippen molar-refractivity contribution in [3.63, 3.8) is 0 Å². The molecule has 33 valence electrons. The van der Waals surface area contributed by atoms with Gasteiger partial charge in [-0.15, -0.1) is 0 Å². The van der Waals surface area contributed by atoms with Crippen molar-refractivity contribution < 1.29 is 31.0 Å². The SMILES string of the molecule is [O]=[Zr]([F])[F].[P].[Sn]. The molecule has 0 aliphatic heterocycles. The summed E-state index contributed by atoms with van der Waals surface area (Å²) in [5, 5.41) is 0. The van der Waals surface area contributed by atoms with Gasteiger partial charge in [0.05, 0.1) is 0 Å². The Morgan fingerprint density at radius 1 is 1.33 bits per heavy atom. The first-order valence-corrected chi connectivity index (χ1v) is 3.44. The Hall–Kier alpha value is 1.77. The molecule has 6 heteroatoms. The first-order chi connectivity index (χ1) is 1.73. The van der Waals surface area contributed by atoms with Gasteiger partial charge in [-0.1, -0.05) is 0 Å². The molecule has 1 nitrogen and oxygen atoms in total. The molecular formula is F2OPSnZr. The monoisotopic (exact) mass is 295 g/mol. The summed E-state index contributed by atoms with van der Waals surface area (Å²) in [4.78, 5) is 0. The summed E-state index contributed by atoms with van der Waals surface area (Å²) in [6.45, 7) is 0. The van der Waals surface area contributed by atoms with Crippen molar-refractivity contribution in [2.45, 2.75) is 0 Å². The molecule has 0 aliphatic rings. The van der Waals surface area contributed by atoms with Gasteiger partial charge in [0.15, 0.2) is 0 Å². The van der Waals surface area contributed by atoms with Crippen molar-refractivity contribution in [1.29, 1.82) is 0 Å². The van der Waals surface area contributed by atoms with Crippen molar-refractivity contribution in [1.82, 2.24) is 0 Å². The molecule has 0 saturated carbocycles. The van der Waals surface area contributed by atoms with Crippen LogP contribution in [0, 0.1) is 0 Å². The van der Waals surface area contributed by atoms with E-state index >= 15 is 0 Å². The van der Waals surface area contributed by atoms with E-state index in [1.165, 1.54) is 0 Å². The molecule has 6 heavy (non-hydrogen) atoms. The molecule has 0 aromatic carbocycles. The van der Waals surface area contributed by atoms with Crippen molar-refractivity contribution in [2.24, 2.45) is 0 Å². The van der Waals surface area contributed by atoms with Crippen LogP contribution < -0.4 is 0 Å². The van der Waals surface area contributed by atoms with Crippen LogP contribution in [0.25, 0.3) is 0 Å². The molecule has 0 N–H and O–H groups in total. The topological polar surface area (TPSA) is 17.1 Å². The second-order valence-electron chi connectivity index (χ2n) is 0.226. The molecule has 0 bridgehead atoms. The number of hydrogen-bond acceptors (Lipinski definition) is 1. The fourth-order valence-corrected chi connectivity index (χ4v) is 0. The number of rotatable bonds is 0. The summed E-state index contributed by atoms with van der Waals surface area (Å²) in [7, 11) is 0. The normalized spacial score (nSPS) is 4.33. The van der Waals surface area contributed by atoms with E-state index in [-0.39, 0.29) is 33.8 Å². The molecule has 0 aliphatic carbocycles. The fraction of sp³-hybridized carbons (Fsp3) is 0. The minimum absolute atomic E-state index is 0. The Balaban J connectivity index is -0.0000000450. The minimum Gasteiger partial charge on any atom is 0 e. The van der Waals surface area contributed by atoms with Gasteiger partial charge in [0, 0.05) is 33.8 Å². The fourth-order valence-electron chi connectivity index (χ4n) is 0. The van der Waals surface area contributed by atoms with Gasteiger partial charge in [-0.2, -0.15) is 0 Å². The molecule has 0 saturated heterocycles. The Kier molecular flexibility index (Phi) is 25.8. The second-order valence-corrected chi connectivity index (χ2v) is 1.34. The van der Waals surface area contributed by atoms with Gasteiger partial charge in [0.2, 0.25) is 0 Å². The molecule has 0 fully saturated rings. The maximum atomic E-state index is 9.97. The van der Waals surface area contributed by atoms with Crippen molar-refractivity contribution >= 4 is 33.8 Å². The predicted octanol–water partition coefficient (Wildman–Crippen LogP) is 1.20. The van der Waals surface area contributed by atoms with Crippen LogP contribution in [-0.4, -0.2) is 23.9 Å². The summed E-state index contributed by atoms with van der Waals surface area (Å²) < 4.78 is 28.3. The molecule has 0 unspecified atom stereocenters. The summed E-state index contributed by atoms with van der Waals surface area (Å²) in [6.07, 6.45) is 0. The van der Waals surface area contributed by atoms with Crippen LogP contribution in [0.5, 0.6) is 0 Å². The molecule has 0 amide bonds. The van der Waals surface area contributed by atoms with E-state index in [0.29, 0.717) is 0 Å². The molecule has 0 heterocycles. The molecule has 0 atom stereocenters. The van der Waals surface area contributed by atoms with Gasteiger partial charge < -0.3 is 0 Å². The Morgan fingerprint density at radius 3 is 1.33 bits per heavy atom. The second kappa shape index (κ2) is 9.91. The van der Waals surface area contributed by atoms with Crippen LogP contribution >= 0.6 is 9.90 Å². The molecule has 0 spiro atoms. The Morgan fingerprint density at radius 2 is 1.33 bits per heavy atom. The third-order valence-electron chi connectivity index (χ3n) is 0. The van der Waals surface area contributed by atoms with Gasteiger partial charge >= 0.3 is 31.0 Å². The molecule has 7 radical (unpaired) electrons. The van der Waals surface area contributed by atoms with Gasteiger partial charge in [0.1, 0.15) is 0 Å².